The molecule has 0 radical (unpaired) electrons. The number of likely N-dealkylation sites (tertiary alicyclic amines) is 1. The van der Waals surface area contributed by atoms with E-state index in [0.29, 0.717) is 11.8 Å². The lowest BCUT2D eigenvalue weighted by Gasteiger charge is -2.25. The smallest absolute Gasteiger partial charge is 0.217 e. The molecule has 0 spiro atoms. The molecule has 2 rings (SSSR count). The molecule has 0 aliphatic carbocycles. The molecule has 1 aromatic heterocycles. The van der Waals surface area contributed by atoms with E-state index in [4.69, 9.17) is 4.74 Å². The highest BCUT2D eigenvalue weighted by molar-refractivity contribution is 5.25. The standard InChI is InChI=1S/C13H20N2O2/c1-10-5-7-15(12(10)9-16)8-11-4-3-6-14-13(11)17-2/h3-4,6,10,12,16H,5,7-9H2,1-2H3. The summed E-state index contributed by atoms with van der Waals surface area (Å²) in [5.74, 6) is 1.24. The first kappa shape index (κ1) is 12.3. The quantitative estimate of drug-likeness (QED) is 0.855. The van der Waals surface area contributed by atoms with Gasteiger partial charge in [0.05, 0.1) is 13.7 Å². The number of aliphatic hydroxyl groups is 1. The lowest BCUT2D eigenvalue weighted by molar-refractivity contribution is 0.133. The van der Waals surface area contributed by atoms with Crippen LogP contribution >= 0.6 is 0 Å². The van der Waals surface area contributed by atoms with E-state index in [1.807, 2.05) is 12.1 Å². The molecule has 1 aliphatic heterocycles. The summed E-state index contributed by atoms with van der Waals surface area (Å²) in [4.78, 5) is 6.51. The molecule has 1 aromatic rings. The summed E-state index contributed by atoms with van der Waals surface area (Å²) in [7, 11) is 1.64. The number of hydrogen-bond acceptors (Lipinski definition) is 4. The van der Waals surface area contributed by atoms with E-state index in [1.165, 1.54) is 0 Å². The lowest BCUT2D eigenvalue weighted by Crippen LogP contribution is -2.34. The van der Waals surface area contributed by atoms with Crippen molar-refractivity contribution >= 4 is 0 Å². The Morgan fingerprint density at radius 2 is 2.41 bits per heavy atom. The van der Waals surface area contributed by atoms with Gasteiger partial charge in [0.2, 0.25) is 5.88 Å². The number of aromatic nitrogens is 1. The summed E-state index contributed by atoms with van der Waals surface area (Å²) in [6, 6.07) is 4.22. The highest BCUT2D eigenvalue weighted by Gasteiger charge is 2.30. The average Bonchev–Trinajstić information content (AvgIpc) is 2.70. The zero-order chi connectivity index (χ0) is 12.3. The van der Waals surface area contributed by atoms with Gasteiger partial charge in [-0.25, -0.2) is 4.98 Å². The highest BCUT2D eigenvalue weighted by Crippen LogP contribution is 2.27. The predicted molar refractivity (Wildman–Crippen MR) is 65.9 cm³/mol. The van der Waals surface area contributed by atoms with Crippen LogP contribution < -0.4 is 4.74 Å². The van der Waals surface area contributed by atoms with E-state index in [0.717, 1.165) is 25.1 Å². The number of nitrogens with zero attached hydrogens (tertiary/aromatic N) is 2. The van der Waals surface area contributed by atoms with E-state index < -0.39 is 0 Å². The summed E-state index contributed by atoms with van der Waals surface area (Å²) in [6.45, 7) is 4.25. The summed E-state index contributed by atoms with van der Waals surface area (Å²) in [5.41, 5.74) is 1.09. The molecule has 1 saturated heterocycles. The largest absolute Gasteiger partial charge is 0.481 e. The molecule has 1 fully saturated rings. The minimum atomic E-state index is 0.226. The Morgan fingerprint density at radius 1 is 1.59 bits per heavy atom. The third-order valence-electron chi connectivity index (χ3n) is 3.60. The molecule has 1 N–H and O–H groups in total. The summed E-state index contributed by atoms with van der Waals surface area (Å²) in [5, 5.41) is 9.42. The van der Waals surface area contributed by atoms with Gasteiger partial charge in [0.15, 0.2) is 0 Å². The van der Waals surface area contributed by atoms with Crippen LogP contribution in [0.25, 0.3) is 0 Å². The van der Waals surface area contributed by atoms with Crippen molar-refractivity contribution in [2.24, 2.45) is 5.92 Å². The van der Waals surface area contributed by atoms with Crippen LogP contribution in [0.4, 0.5) is 0 Å². The first-order valence-electron chi connectivity index (χ1n) is 6.09. The number of aliphatic hydroxyl groups excluding tert-OH is 1. The molecular formula is C13H20N2O2. The van der Waals surface area contributed by atoms with E-state index >= 15 is 0 Å². The van der Waals surface area contributed by atoms with Crippen molar-refractivity contribution < 1.29 is 9.84 Å². The van der Waals surface area contributed by atoms with Crippen LogP contribution in [0, 0.1) is 5.92 Å². The lowest BCUT2D eigenvalue weighted by atomic mass is 10.0. The molecule has 4 heteroatoms. The Morgan fingerprint density at radius 3 is 3.12 bits per heavy atom. The van der Waals surface area contributed by atoms with Crippen molar-refractivity contribution in [1.82, 2.24) is 9.88 Å². The van der Waals surface area contributed by atoms with Gasteiger partial charge in [-0.3, -0.25) is 4.90 Å². The Hall–Kier alpha value is -1.13. The van der Waals surface area contributed by atoms with Crippen LogP contribution in [0.1, 0.15) is 18.9 Å². The molecule has 0 aromatic carbocycles. The van der Waals surface area contributed by atoms with Crippen LogP contribution in [0.5, 0.6) is 5.88 Å². The highest BCUT2D eigenvalue weighted by atomic mass is 16.5. The maximum Gasteiger partial charge on any atom is 0.217 e. The van der Waals surface area contributed by atoms with Gasteiger partial charge >= 0.3 is 0 Å². The summed E-state index contributed by atoms with van der Waals surface area (Å²) < 4.78 is 5.25. The first-order chi connectivity index (χ1) is 8.26. The van der Waals surface area contributed by atoms with Crippen molar-refractivity contribution in [2.45, 2.75) is 25.9 Å². The zero-order valence-electron chi connectivity index (χ0n) is 10.5. The zero-order valence-corrected chi connectivity index (χ0v) is 10.5. The normalized spacial score (nSPS) is 25.1. The summed E-state index contributed by atoms with van der Waals surface area (Å²) >= 11 is 0. The fourth-order valence-electron chi connectivity index (χ4n) is 2.53. The van der Waals surface area contributed by atoms with E-state index in [2.05, 4.69) is 16.8 Å². The average molecular weight is 236 g/mol. The van der Waals surface area contributed by atoms with Gasteiger partial charge < -0.3 is 9.84 Å². The second kappa shape index (κ2) is 5.47. The number of ether oxygens (including phenoxy) is 1. The maximum absolute atomic E-state index is 9.42. The Kier molecular flexibility index (Phi) is 3.97. The molecule has 0 bridgehead atoms. The minimum Gasteiger partial charge on any atom is -0.481 e. The van der Waals surface area contributed by atoms with Gasteiger partial charge in [0.25, 0.3) is 0 Å². The van der Waals surface area contributed by atoms with Crippen LogP contribution in [0.3, 0.4) is 0 Å². The second-order valence-electron chi connectivity index (χ2n) is 4.66. The predicted octanol–water partition coefficient (Wildman–Crippen LogP) is 1.29. The van der Waals surface area contributed by atoms with Gasteiger partial charge in [0, 0.05) is 24.3 Å². The van der Waals surface area contributed by atoms with Crippen LogP contribution in [0.2, 0.25) is 0 Å². The first-order valence-corrected chi connectivity index (χ1v) is 6.09. The SMILES string of the molecule is COc1ncccc1CN1CCC(C)C1CO. The third-order valence-corrected chi connectivity index (χ3v) is 3.60. The maximum atomic E-state index is 9.42. The van der Waals surface area contributed by atoms with Gasteiger partial charge in [-0.05, 0) is 24.9 Å². The fourth-order valence-corrected chi connectivity index (χ4v) is 2.53. The number of methoxy groups -OCH3 is 1. The second-order valence-corrected chi connectivity index (χ2v) is 4.66. The van der Waals surface area contributed by atoms with Gasteiger partial charge in [-0.1, -0.05) is 13.0 Å². The molecule has 0 amide bonds. The summed E-state index contributed by atoms with van der Waals surface area (Å²) in [6.07, 6.45) is 2.88. The van der Waals surface area contributed by atoms with Crippen LogP contribution in [-0.4, -0.2) is 41.3 Å². The van der Waals surface area contributed by atoms with Crippen molar-refractivity contribution in [3.8, 4) is 5.88 Å². The molecule has 2 unspecified atom stereocenters. The molecule has 17 heavy (non-hydrogen) atoms. The number of pyridine rings is 1. The molecule has 4 nitrogen and oxygen atoms in total. The van der Waals surface area contributed by atoms with Gasteiger partial charge in [-0.2, -0.15) is 0 Å². The topological polar surface area (TPSA) is 45.6 Å². The third kappa shape index (κ3) is 2.58. The van der Waals surface area contributed by atoms with Gasteiger partial charge in [0.1, 0.15) is 0 Å². The van der Waals surface area contributed by atoms with E-state index in [1.54, 1.807) is 13.3 Å². The number of rotatable bonds is 4. The van der Waals surface area contributed by atoms with E-state index in [-0.39, 0.29) is 12.6 Å². The van der Waals surface area contributed by atoms with E-state index in [9.17, 15) is 5.11 Å². The minimum absolute atomic E-state index is 0.226. The van der Waals surface area contributed by atoms with Crippen molar-refractivity contribution in [3.05, 3.63) is 23.9 Å². The van der Waals surface area contributed by atoms with Gasteiger partial charge in [-0.15, -0.1) is 0 Å². The van der Waals surface area contributed by atoms with Crippen molar-refractivity contribution in [3.63, 3.8) is 0 Å². The van der Waals surface area contributed by atoms with Crippen molar-refractivity contribution in [2.75, 3.05) is 20.3 Å². The molecular weight excluding hydrogens is 216 g/mol. The Labute approximate surface area is 102 Å². The monoisotopic (exact) mass is 236 g/mol. The molecule has 2 heterocycles. The Bertz CT molecular complexity index is 370. The fraction of sp³-hybridized carbons (Fsp3) is 0.615. The number of hydrogen-bond donors (Lipinski definition) is 1. The van der Waals surface area contributed by atoms with Crippen LogP contribution in [0.15, 0.2) is 18.3 Å². The molecule has 1 aliphatic rings. The van der Waals surface area contributed by atoms with Crippen LogP contribution in [-0.2, 0) is 6.54 Å². The molecule has 94 valence electrons. The Balaban J connectivity index is 2.10. The molecule has 2 atom stereocenters. The van der Waals surface area contributed by atoms with Crippen molar-refractivity contribution in [1.29, 1.82) is 0 Å². The molecule has 0 saturated carbocycles.